The Bertz CT molecular complexity index is 1010. The summed E-state index contributed by atoms with van der Waals surface area (Å²) in [7, 11) is 1.71. The topological polar surface area (TPSA) is 54.0 Å². The Balaban J connectivity index is 1.69. The van der Waals surface area contributed by atoms with Gasteiger partial charge in [0.1, 0.15) is 23.1 Å². The lowest BCUT2D eigenvalue weighted by atomic mass is 9.65. The number of ether oxygens (including phenoxy) is 1. The number of rotatable bonds is 2. The van der Waals surface area contributed by atoms with Gasteiger partial charge in [-0.05, 0) is 42.2 Å². The normalized spacial score (nSPS) is 27.4. The first-order chi connectivity index (χ1) is 12.4. The van der Waals surface area contributed by atoms with Crippen LogP contribution in [0.25, 0.3) is 21.9 Å². The number of nitrogens with zero attached hydrogens (tertiary/aromatic N) is 3. The average Bonchev–Trinajstić information content (AvgIpc) is 3.08. The molecule has 1 saturated heterocycles. The third-order valence-corrected chi connectivity index (χ3v) is 6.26. The minimum absolute atomic E-state index is 0.368. The fourth-order valence-corrected chi connectivity index (χ4v) is 5.79. The maximum Gasteiger partial charge on any atom is 0.156 e. The van der Waals surface area contributed by atoms with Crippen LogP contribution < -0.4 is 9.64 Å². The quantitative estimate of drug-likeness (QED) is 0.738. The Kier molecular flexibility index (Phi) is 3.13. The number of hydrogen-bond donors (Lipinski definition) is 1. The number of aromatic amines is 1. The summed E-state index contributed by atoms with van der Waals surface area (Å²) in [5.74, 6) is 1.89. The van der Waals surface area contributed by atoms with Crippen LogP contribution in [0.3, 0.4) is 0 Å². The molecule has 1 aliphatic carbocycles. The van der Waals surface area contributed by atoms with Crippen LogP contribution in [-0.4, -0.2) is 34.6 Å². The monoisotopic (exact) mass is 350 g/mol. The van der Waals surface area contributed by atoms with Crippen LogP contribution in [0.15, 0.2) is 24.5 Å². The number of methoxy groups -OCH3 is 1. The number of nitrogens with one attached hydrogen (secondary N) is 1. The van der Waals surface area contributed by atoms with Crippen molar-refractivity contribution >= 4 is 27.8 Å². The summed E-state index contributed by atoms with van der Waals surface area (Å²) >= 11 is 0. The smallest absolute Gasteiger partial charge is 0.156 e. The minimum Gasteiger partial charge on any atom is -0.496 e. The number of H-pyrrole nitrogens is 1. The van der Waals surface area contributed by atoms with Crippen molar-refractivity contribution in [3.63, 3.8) is 0 Å². The predicted molar refractivity (Wildman–Crippen MR) is 105 cm³/mol. The van der Waals surface area contributed by atoms with E-state index in [4.69, 9.17) is 9.72 Å². The van der Waals surface area contributed by atoms with E-state index in [0.29, 0.717) is 16.9 Å². The van der Waals surface area contributed by atoms with E-state index in [1.54, 1.807) is 13.4 Å². The van der Waals surface area contributed by atoms with Crippen LogP contribution >= 0.6 is 0 Å². The Morgan fingerprint density at radius 3 is 2.85 bits per heavy atom. The van der Waals surface area contributed by atoms with Gasteiger partial charge in [-0.3, -0.25) is 0 Å². The third-order valence-electron chi connectivity index (χ3n) is 6.26. The van der Waals surface area contributed by atoms with E-state index in [1.165, 1.54) is 19.3 Å². The third kappa shape index (κ3) is 2.22. The zero-order chi connectivity index (χ0) is 18.1. The molecule has 2 bridgehead atoms. The van der Waals surface area contributed by atoms with E-state index >= 15 is 0 Å². The van der Waals surface area contributed by atoms with E-state index in [0.717, 1.165) is 40.0 Å². The van der Waals surface area contributed by atoms with Gasteiger partial charge in [0, 0.05) is 12.6 Å². The Labute approximate surface area is 153 Å². The highest BCUT2D eigenvalue weighted by Gasteiger charge is 2.50. The molecular formula is C21H26N4O. The summed E-state index contributed by atoms with van der Waals surface area (Å²) in [6, 6.07) is 6.63. The van der Waals surface area contributed by atoms with Gasteiger partial charge in [0.15, 0.2) is 5.82 Å². The molecule has 1 saturated carbocycles. The molecule has 2 aromatic heterocycles. The average molecular weight is 350 g/mol. The second-order valence-corrected chi connectivity index (χ2v) is 9.27. The maximum absolute atomic E-state index is 5.58. The molecular weight excluding hydrogens is 324 g/mol. The number of fused-ring (bicyclic) bond motifs is 5. The van der Waals surface area contributed by atoms with Gasteiger partial charge in [-0.15, -0.1) is 0 Å². The fraction of sp³-hybridized carbons (Fsp3) is 0.524. The largest absolute Gasteiger partial charge is 0.496 e. The molecule has 26 heavy (non-hydrogen) atoms. The molecule has 0 radical (unpaired) electrons. The number of anilines is 1. The Morgan fingerprint density at radius 1 is 1.19 bits per heavy atom. The van der Waals surface area contributed by atoms with Crippen molar-refractivity contribution in [1.29, 1.82) is 0 Å². The van der Waals surface area contributed by atoms with Gasteiger partial charge in [-0.25, -0.2) is 9.97 Å². The van der Waals surface area contributed by atoms with Crippen LogP contribution in [0, 0.1) is 10.8 Å². The molecule has 5 rings (SSSR count). The zero-order valence-corrected chi connectivity index (χ0v) is 16.0. The van der Waals surface area contributed by atoms with Gasteiger partial charge in [0.05, 0.1) is 18.0 Å². The van der Waals surface area contributed by atoms with Crippen LogP contribution in [-0.2, 0) is 0 Å². The number of aromatic nitrogens is 3. The summed E-state index contributed by atoms with van der Waals surface area (Å²) in [5, 5.41) is 1.04. The van der Waals surface area contributed by atoms with Gasteiger partial charge < -0.3 is 14.6 Å². The molecule has 2 aliphatic rings. The lowest BCUT2D eigenvalue weighted by Gasteiger charge is -2.39. The van der Waals surface area contributed by atoms with E-state index in [9.17, 15) is 0 Å². The fourth-order valence-electron chi connectivity index (χ4n) is 5.79. The van der Waals surface area contributed by atoms with Crippen molar-refractivity contribution in [2.24, 2.45) is 10.8 Å². The molecule has 136 valence electrons. The zero-order valence-electron chi connectivity index (χ0n) is 16.0. The summed E-state index contributed by atoms with van der Waals surface area (Å²) in [6.07, 6.45) is 5.46. The number of hydrogen-bond acceptors (Lipinski definition) is 4. The lowest BCUT2D eigenvalue weighted by molar-refractivity contribution is 0.136. The molecule has 0 spiro atoms. The Hall–Kier alpha value is -2.30. The molecule has 3 aromatic rings. The van der Waals surface area contributed by atoms with Gasteiger partial charge in [-0.1, -0.05) is 26.8 Å². The van der Waals surface area contributed by atoms with Gasteiger partial charge in [0.25, 0.3) is 0 Å². The van der Waals surface area contributed by atoms with Crippen LogP contribution in [0.2, 0.25) is 0 Å². The van der Waals surface area contributed by atoms with Crippen LogP contribution in [0.4, 0.5) is 5.82 Å². The molecule has 1 aliphatic heterocycles. The second-order valence-electron chi connectivity index (χ2n) is 9.27. The predicted octanol–water partition coefficient (Wildman–Crippen LogP) is 4.52. The van der Waals surface area contributed by atoms with E-state index in [-0.39, 0.29) is 0 Å². The van der Waals surface area contributed by atoms with Gasteiger partial charge in [0.2, 0.25) is 0 Å². The van der Waals surface area contributed by atoms with E-state index in [1.807, 2.05) is 12.1 Å². The van der Waals surface area contributed by atoms with Crippen LogP contribution in [0.5, 0.6) is 5.75 Å². The first kappa shape index (κ1) is 15.9. The SMILES string of the molecule is COc1cccc2[nH]c3c(N4C[C@@]5(C)C[C@H]4CC(C)(C)C5)ncnc3c12. The summed E-state index contributed by atoms with van der Waals surface area (Å²) in [6.45, 7) is 8.32. The van der Waals surface area contributed by atoms with Crippen molar-refractivity contribution in [2.75, 3.05) is 18.6 Å². The first-order valence-corrected chi connectivity index (χ1v) is 9.45. The minimum atomic E-state index is 0.368. The molecule has 0 amide bonds. The molecule has 2 atom stereocenters. The molecule has 1 aromatic carbocycles. The summed E-state index contributed by atoms with van der Waals surface area (Å²) in [5.41, 5.74) is 3.79. The Morgan fingerprint density at radius 2 is 2.04 bits per heavy atom. The standard InChI is InChI=1S/C21H26N4O/c1-20(2)8-13-9-21(3,10-20)11-25(13)19-18-17(22-12-23-19)16-14(24-18)6-5-7-15(16)26-4/h5-7,12-13,24H,8-11H2,1-4H3/t13-,21+/m1/s1. The van der Waals surface area contributed by atoms with Crippen molar-refractivity contribution in [2.45, 2.75) is 46.1 Å². The summed E-state index contributed by atoms with van der Waals surface area (Å²) in [4.78, 5) is 15.4. The molecule has 2 fully saturated rings. The van der Waals surface area contributed by atoms with E-state index in [2.05, 4.69) is 41.7 Å². The second kappa shape index (κ2) is 5.12. The van der Waals surface area contributed by atoms with Gasteiger partial charge in [-0.2, -0.15) is 0 Å². The van der Waals surface area contributed by atoms with Crippen LogP contribution in [0.1, 0.15) is 40.0 Å². The van der Waals surface area contributed by atoms with Crippen molar-refractivity contribution < 1.29 is 4.74 Å². The first-order valence-electron chi connectivity index (χ1n) is 9.45. The molecule has 5 nitrogen and oxygen atoms in total. The van der Waals surface area contributed by atoms with Crippen molar-refractivity contribution in [1.82, 2.24) is 15.0 Å². The van der Waals surface area contributed by atoms with Crippen molar-refractivity contribution in [3.8, 4) is 5.75 Å². The molecule has 5 heteroatoms. The highest BCUT2D eigenvalue weighted by Crippen LogP contribution is 2.53. The maximum atomic E-state index is 5.58. The van der Waals surface area contributed by atoms with E-state index < -0.39 is 0 Å². The van der Waals surface area contributed by atoms with Crippen molar-refractivity contribution in [3.05, 3.63) is 24.5 Å². The molecule has 3 heterocycles. The van der Waals surface area contributed by atoms with Gasteiger partial charge >= 0.3 is 0 Å². The summed E-state index contributed by atoms with van der Waals surface area (Å²) < 4.78 is 5.58. The lowest BCUT2D eigenvalue weighted by Crippen LogP contribution is -2.35. The molecule has 0 unspecified atom stereocenters. The highest BCUT2D eigenvalue weighted by molar-refractivity contribution is 6.11. The highest BCUT2D eigenvalue weighted by atomic mass is 16.5. The molecule has 1 N–H and O–H groups in total. The number of benzene rings is 1.